The summed E-state index contributed by atoms with van der Waals surface area (Å²) in [5.74, 6) is -1.10. The number of hydrogen-bond donors (Lipinski definition) is 1. The van der Waals surface area contributed by atoms with Crippen molar-refractivity contribution in [1.82, 2.24) is 10.2 Å². The number of nitrogens with zero attached hydrogens (tertiary/aromatic N) is 2. The van der Waals surface area contributed by atoms with Crippen molar-refractivity contribution < 1.29 is 9.59 Å². The number of nitrogens with one attached hydrogen (secondary N) is 1. The summed E-state index contributed by atoms with van der Waals surface area (Å²) in [6, 6.07) is 9.30. The van der Waals surface area contributed by atoms with Crippen LogP contribution in [-0.2, 0) is 16.0 Å². The highest BCUT2D eigenvalue weighted by Crippen LogP contribution is 2.19. The van der Waals surface area contributed by atoms with E-state index in [1.54, 1.807) is 26.2 Å². The molecule has 2 amide bonds. The summed E-state index contributed by atoms with van der Waals surface area (Å²) in [4.78, 5) is 26.6. The van der Waals surface area contributed by atoms with Crippen LogP contribution in [0.1, 0.15) is 43.2 Å². The Kier molecular flexibility index (Phi) is 6.36. The van der Waals surface area contributed by atoms with Crippen molar-refractivity contribution in [2.75, 3.05) is 14.1 Å². The van der Waals surface area contributed by atoms with E-state index in [1.807, 2.05) is 12.1 Å². The van der Waals surface area contributed by atoms with Gasteiger partial charge in [0.25, 0.3) is 0 Å². The molecule has 1 aliphatic carbocycles. The summed E-state index contributed by atoms with van der Waals surface area (Å²) in [6.07, 6.45) is 5.82. The summed E-state index contributed by atoms with van der Waals surface area (Å²) < 4.78 is 0. The van der Waals surface area contributed by atoms with Crippen molar-refractivity contribution in [2.24, 2.45) is 5.92 Å². The molecule has 0 radical (unpaired) electrons. The largest absolute Gasteiger partial charge is 0.353 e. The van der Waals surface area contributed by atoms with E-state index in [2.05, 4.69) is 11.4 Å². The second-order valence-corrected chi connectivity index (χ2v) is 6.64. The minimum atomic E-state index is -0.727. The third-order valence-electron chi connectivity index (χ3n) is 4.53. The maximum atomic E-state index is 12.7. The van der Waals surface area contributed by atoms with Gasteiger partial charge in [-0.2, -0.15) is 5.26 Å². The molecule has 1 aromatic rings. The first-order valence-corrected chi connectivity index (χ1v) is 8.52. The van der Waals surface area contributed by atoms with Crippen molar-refractivity contribution >= 4 is 11.8 Å². The van der Waals surface area contributed by atoms with E-state index in [-0.39, 0.29) is 17.9 Å². The molecule has 5 heteroatoms. The van der Waals surface area contributed by atoms with Gasteiger partial charge in [-0.3, -0.25) is 9.59 Å². The fourth-order valence-corrected chi connectivity index (χ4v) is 3.10. The zero-order valence-corrected chi connectivity index (χ0v) is 14.4. The van der Waals surface area contributed by atoms with Gasteiger partial charge in [0.05, 0.1) is 11.6 Å². The molecule has 24 heavy (non-hydrogen) atoms. The van der Waals surface area contributed by atoms with Gasteiger partial charge in [0, 0.05) is 20.1 Å². The van der Waals surface area contributed by atoms with Gasteiger partial charge < -0.3 is 10.2 Å². The first-order chi connectivity index (χ1) is 11.5. The van der Waals surface area contributed by atoms with Gasteiger partial charge in [-0.15, -0.1) is 0 Å². The van der Waals surface area contributed by atoms with E-state index in [1.165, 1.54) is 11.3 Å². The lowest BCUT2D eigenvalue weighted by atomic mass is 9.93. The Morgan fingerprint density at radius 3 is 2.38 bits per heavy atom. The number of rotatable bonds is 5. The lowest BCUT2D eigenvalue weighted by molar-refractivity contribution is -0.140. The Labute approximate surface area is 143 Å². The Balaban J connectivity index is 2.09. The number of benzene rings is 1. The monoisotopic (exact) mass is 327 g/mol. The fraction of sp³-hybridized carbons (Fsp3) is 0.526. The van der Waals surface area contributed by atoms with Crippen LogP contribution in [0, 0.1) is 17.2 Å². The van der Waals surface area contributed by atoms with E-state index in [4.69, 9.17) is 5.26 Å². The van der Waals surface area contributed by atoms with Crippen LogP contribution in [0.25, 0.3) is 0 Å². The molecule has 2 rings (SSSR count). The van der Waals surface area contributed by atoms with Gasteiger partial charge in [0.1, 0.15) is 5.92 Å². The first-order valence-electron chi connectivity index (χ1n) is 8.52. The topological polar surface area (TPSA) is 73.2 Å². The van der Waals surface area contributed by atoms with Crippen molar-refractivity contribution in [2.45, 2.75) is 44.6 Å². The smallest absolute Gasteiger partial charge is 0.234 e. The molecule has 1 atom stereocenters. The van der Waals surface area contributed by atoms with E-state index < -0.39 is 5.92 Å². The molecule has 0 heterocycles. The third-order valence-corrected chi connectivity index (χ3v) is 4.53. The maximum absolute atomic E-state index is 12.7. The Morgan fingerprint density at radius 1 is 1.21 bits per heavy atom. The molecule has 0 spiro atoms. The number of amides is 2. The molecule has 1 saturated carbocycles. The van der Waals surface area contributed by atoms with Gasteiger partial charge in [-0.05, 0) is 37.0 Å². The maximum Gasteiger partial charge on any atom is 0.234 e. The molecule has 0 aromatic heterocycles. The van der Waals surface area contributed by atoms with Gasteiger partial charge in [0.2, 0.25) is 11.8 Å². The second kappa shape index (κ2) is 8.49. The predicted octanol–water partition coefficient (Wildman–Crippen LogP) is 2.25. The quantitative estimate of drug-likeness (QED) is 0.843. The van der Waals surface area contributed by atoms with E-state index in [0.29, 0.717) is 12.0 Å². The Morgan fingerprint density at radius 2 is 1.83 bits per heavy atom. The van der Waals surface area contributed by atoms with Crippen LogP contribution in [0.4, 0.5) is 0 Å². The van der Waals surface area contributed by atoms with Crippen molar-refractivity contribution in [3.63, 3.8) is 0 Å². The molecule has 1 aromatic carbocycles. The molecule has 5 nitrogen and oxygen atoms in total. The van der Waals surface area contributed by atoms with Crippen LogP contribution < -0.4 is 5.32 Å². The van der Waals surface area contributed by atoms with Crippen LogP contribution >= 0.6 is 0 Å². The molecule has 0 saturated heterocycles. The van der Waals surface area contributed by atoms with Crippen LogP contribution in [0.2, 0.25) is 0 Å². The fourth-order valence-electron chi connectivity index (χ4n) is 3.10. The normalized spacial score (nSPS) is 16.0. The molecule has 0 aliphatic heterocycles. The molecule has 1 aliphatic rings. The van der Waals surface area contributed by atoms with Gasteiger partial charge in [0.15, 0.2) is 0 Å². The van der Waals surface area contributed by atoms with Crippen molar-refractivity contribution in [3.8, 4) is 6.07 Å². The highest BCUT2D eigenvalue weighted by molar-refractivity contribution is 6.00. The Hall–Kier alpha value is -2.35. The number of hydrogen-bond acceptors (Lipinski definition) is 3. The summed E-state index contributed by atoms with van der Waals surface area (Å²) in [5, 5.41) is 11.9. The van der Waals surface area contributed by atoms with Gasteiger partial charge in [-0.25, -0.2) is 0 Å². The SMILES string of the molecule is CN(C)C(=O)[C@H](Cc1ccc(C#N)cc1)C(=O)NC1CCCCC1. The second-order valence-electron chi connectivity index (χ2n) is 6.64. The van der Waals surface area contributed by atoms with Gasteiger partial charge >= 0.3 is 0 Å². The van der Waals surface area contributed by atoms with Crippen molar-refractivity contribution in [1.29, 1.82) is 5.26 Å². The third kappa shape index (κ3) is 4.82. The summed E-state index contributed by atoms with van der Waals surface area (Å²) >= 11 is 0. The predicted molar refractivity (Wildman–Crippen MR) is 92.1 cm³/mol. The minimum absolute atomic E-state index is 0.185. The highest BCUT2D eigenvalue weighted by atomic mass is 16.2. The lowest BCUT2D eigenvalue weighted by Crippen LogP contribution is -2.46. The molecule has 0 bridgehead atoms. The van der Waals surface area contributed by atoms with E-state index >= 15 is 0 Å². The van der Waals surface area contributed by atoms with Gasteiger partial charge in [-0.1, -0.05) is 31.4 Å². The molecule has 128 valence electrons. The Bertz CT molecular complexity index is 610. The molecule has 1 N–H and O–H groups in total. The summed E-state index contributed by atoms with van der Waals surface area (Å²) in [6.45, 7) is 0. The number of carbonyl (C=O) groups is 2. The van der Waals surface area contributed by atoms with E-state index in [9.17, 15) is 9.59 Å². The summed E-state index contributed by atoms with van der Waals surface area (Å²) in [7, 11) is 3.34. The molecular weight excluding hydrogens is 302 g/mol. The van der Waals surface area contributed by atoms with Crippen LogP contribution in [0.3, 0.4) is 0 Å². The average Bonchev–Trinajstić information content (AvgIpc) is 2.60. The molecule has 1 fully saturated rings. The minimum Gasteiger partial charge on any atom is -0.353 e. The van der Waals surface area contributed by atoms with Crippen LogP contribution in [-0.4, -0.2) is 36.9 Å². The molecule has 0 unspecified atom stereocenters. The zero-order valence-electron chi connectivity index (χ0n) is 14.4. The highest BCUT2D eigenvalue weighted by Gasteiger charge is 2.30. The van der Waals surface area contributed by atoms with E-state index in [0.717, 1.165) is 31.2 Å². The van der Waals surface area contributed by atoms with Crippen LogP contribution in [0.15, 0.2) is 24.3 Å². The average molecular weight is 327 g/mol. The summed E-state index contributed by atoms with van der Waals surface area (Å²) in [5.41, 5.74) is 1.45. The first kappa shape index (κ1) is 18.0. The number of nitriles is 1. The standard InChI is InChI=1S/C19H25N3O2/c1-22(2)19(24)17(12-14-8-10-15(13-20)11-9-14)18(23)21-16-6-4-3-5-7-16/h8-11,16-17H,3-7,12H2,1-2H3,(H,21,23)/t17-/m1/s1. The molecular formula is C19H25N3O2. The lowest BCUT2D eigenvalue weighted by Gasteiger charge is -2.26. The van der Waals surface area contributed by atoms with Crippen molar-refractivity contribution in [3.05, 3.63) is 35.4 Å². The van der Waals surface area contributed by atoms with Crippen LogP contribution in [0.5, 0.6) is 0 Å². The number of carbonyl (C=O) groups excluding carboxylic acids is 2. The zero-order chi connectivity index (χ0) is 17.5.